The van der Waals surface area contributed by atoms with E-state index in [1.54, 1.807) is 13.8 Å². The maximum absolute atomic E-state index is 13.8. The summed E-state index contributed by atoms with van der Waals surface area (Å²) in [5.74, 6) is -7.64. The van der Waals surface area contributed by atoms with Gasteiger partial charge in [0.2, 0.25) is 0 Å². The second-order valence-electron chi connectivity index (χ2n) is 7.07. The molecule has 0 aromatic heterocycles. The van der Waals surface area contributed by atoms with Crippen LogP contribution in [0.15, 0.2) is 36.4 Å². The van der Waals surface area contributed by atoms with E-state index in [-0.39, 0.29) is 11.1 Å². The highest BCUT2D eigenvalue weighted by Gasteiger charge is 2.55. The molecule has 28 heavy (non-hydrogen) atoms. The highest BCUT2D eigenvalue weighted by atomic mass is 19.4. The predicted molar refractivity (Wildman–Crippen MR) is 94.4 cm³/mol. The average Bonchev–Trinajstić information content (AvgIpc) is 2.50. The van der Waals surface area contributed by atoms with Crippen molar-refractivity contribution in [2.75, 3.05) is 0 Å². The monoisotopic (exact) mass is 402 g/mol. The maximum Gasteiger partial charge on any atom is 0.402 e. The van der Waals surface area contributed by atoms with Crippen LogP contribution in [0.25, 0.3) is 0 Å². The van der Waals surface area contributed by atoms with Crippen molar-refractivity contribution in [3.8, 4) is 0 Å². The number of hydrogen-bond donors (Lipinski definition) is 0. The molecule has 2 aromatic carbocycles. The minimum Gasteiger partial charge on any atom is -0.298 e. The van der Waals surface area contributed by atoms with Gasteiger partial charge in [0.1, 0.15) is 11.8 Å². The first-order valence-electron chi connectivity index (χ1n) is 8.55. The molecule has 1 nitrogen and oxygen atoms in total. The average molecular weight is 402 g/mol. The molecular weight excluding hydrogens is 382 g/mol. The zero-order chi connectivity index (χ0) is 21.4. The molecule has 7 heteroatoms. The number of rotatable bonds is 4. The largest absolute Gasteiger partial charge is 0.402 e. The lowest BCUT2D eigenvalue weighted by Gasteiger charge is -2.28. The lowest BCUT2D eigenvalue weighted by atomic mass is 9.80. The van der Waals surface area contributed by atoms with E-state index in [1.807, 2.05) is 0 Å². The van der Waals surface area contributed by atoms with Crippen LogP contribution in [0.2, 0.25) is 0 Å². The molecule has 0 bridgehead atoms. The predicted octanol–water partition coefficient (Wildman–Crippen LogP) is 6.48. The molecule has 0 aliphatic heterocycles. The number of hydrogen-bond acceptors (Lipinski definition) is 1. The van der Waals surface area contributed by atoms with Crippen LogP contribution in [-0.2, 0) is 4.79 Å². The van der Waals surface area contributed by atoms with Gasteiger partial charge in [-0.05, 0) is 49.9 Å². The third-order valence-corrected chi connectivity index (χ3v) is 4.70. The van der Waals surface area contributed by atoms with Gasteiger partial charge >= 0.3 is 12.4 Å². The Hall–Kier alpha value is -2.31. The van der Waals surface area contributed by atoms with Crippen LogP contribution in [0, 0.1) is 27.7 Å². The zero-order valence-corrected chi connectivity index (χ0v) is 15.8. The van der Waals surface area contributed by atoms with Crippen LogP contribution in [0.3, 0.4) is 0 Å². The molecule has 0 radical (unpaired) electrons. The van der Waals surface area contributed by atoms with Gasteiger partial charge in [0.05, 0.1) is 0 Å². The van der Waals surface area contributed by atoms with Crippen LogP contribution in [0.1, 0.15) is 45.2 Å². The molecular formula is C21H20F6O. The summed E-state index contributed by atoms with van der Waals surface area (Å²) >= 11 is 0. The molecule has 0 saturated heterocycles. The number of carbonyl (C=O) groups excluding carboxylic acids is 1. The van der Waals surface area contributed by atoms with Gasteiger partial charge in [0.15, 0.2) is 5.78 Å². The number of alkyl halides is 6. The van der Waals surface area contributed by atoms with Crippen molar-refractivity contribution in [1.82, 2.24) is 0 Å². The third-order valence-electron chi connectivity index (χ3n) is 4.70. The first kappa shape index (κ1) is 22.0. The van der Waals surface area contributed by atoms with Gasteiger partial charge in [-0.2, -0.15) is 26.3 Å². The Morgan fingerprint density at radius 2 is 1.00 bits per heavy atom. The lowest BCUT2D eigenvalue weighted by Crippen LogP contribution is -2.38. The summed E-state index contributed by atoms with van der Waals surface area (Å²) in [5, 5.41) is 0. The Morgan fingerprint density at radius 1 is 0.679 bits per heavy atom. The summed E-state index contributed by atoms with van der Waals surface area (Å²) in [4.78, 5) is 12.8. The lowest BCUT2D eigenvalue weighted by molar-refractivity contribution is -0.183. The zero-order valence-electron chi connectivity index (χ0n) is 15.8. The molecule has 0 heterocycles. The van der Waals surface area contributed by atoms with Crippen LogP contribution >= 0.6 is 0 Å². The Labute approximate surface area is 159 Å². The molecule has 0 saturated carbocycles. The van der Waals surface area contributed by atoms with Gasteiger partial charge in [0, 0.05) is 0 Å². The van der Waals surface area contributed by atoms with Gasteiger partial charge in [-0.3, -0.25) is 4.79 Å². The number of carbonyl (C=O) groups is 1. The SMILES string of the molecule is Cc1ccc(C(C(=O)C(c2ccc(C)cc2C)C(F)(F)F)C(F)(F)F)c(C)c1. The molecule has 0 aliphatic rings. The van der Waals surface area contributed by atoms with Crippen LogP contribution in [0.5, 0.6) is 0 Å². The molecule has 2 unspecified atom stereocenters. The van der Waals surface area contributed by atoms with Crippen molar-refractivity contribution in [2.45, 2.75) is 51.9 Å². The Balaban J connectivity index is 2.68. The molecule has 0 N–H and O–H groups in total. The van der Waals surface area contributed by atoms with Crippen molar-refractivity contribution in [2.24, 2.45) is 0 Å². The minimum atomic E-state index is -5.15. The van der Waals surface area contributed by atoms with Crippen molar-refractivity contribution in [1.29, 1.82) is 0 Å². The first-order chi connectivity index (χ1) is 12.7. The van der Waals surface area contributed by atoms with Gasteiger partial charge < -0.3 is 0 Å². The van der Waals surface area contributed by atoms with E-state index >= 15 is 0 Å². The second kappa shape index (κ2) is 7.60. The quantitative estimate of drug-likeness (QED) is 0.535. The topological polar surface area (TPSA) is 17.1 Å². The van der Waals surface area contributed by atoms with Gasteiger partial charge in [0.25, 0.3) is 0 Å². The van der Waals surface area contributed by atoms with E-state index in [0.29, 0.717) is 11.1 Å². The van der Waals surface area contributed by atoms with E-state index in [1.165, 1.54) is 38.1 Å². The van der Waals surface area contributed by atoms with E-state index in [2.05, 4.69) is 0 Å². The van der Waals surface area contributed by atoms with Crippen LogP contribution in [0.4, 0.5) is 26.3 Å². The summed E-state index contributed by atoms with van der Waals surface area (Å²) < 4.78 is 82.7. The van der Waals surface area contributed by atoms with Crippen molar-refractivity contribution in [3.05, 3.63) is 69.8 Å². The van der Waals surface area contributed by atoms with E-state index in [9.17, 15) is 31.1 Å². The summed E-state index contributed by atoms with van der Waals surface area (Å²) in [6.45, 7) is 6.01. The van der Waals surface area contributed by atoms with Gasteiger partial charge in [-0.1, -0.05) is 47.5 Å². The van der Waals surface area contributed by atoms with Crippen LogP contribution < -0.4 is 0 Å². The molecule has 0 amide bonds. The minimum absolute atomic E-state index is 0.122. The van der Waals surface area contributed by atoms with Crippen molar-refractivity contribution >= 4 is 5.78 Å². The second-order valence-corrected chi connectivity index (χ2v) is 7.07. The number of halogens is 6. The number of aryl methyl sites for hydroxylation is 4. The standard InChI is InChI=1S/C21H20F6O/c1-11-5-7-15(13(3)9-11)17(20(22,23)24)19(28)18(21(25,26)27)16-8-6-12(2)10-14(16)4/h5-10,17-18H,1-4H3. The highest BCUT2D eigenvalue weighted by molar-refractivity contribution is 5.93. The molecule has 2 rings (SSSR count). The molecule has 0 aliphatic carbocycles. The van der Waals surface area contributed by atoms with Gasteiger partial charge in [-0.15, -0.1) is 0 Å². The van der Waals surface area contributed by atoms with Crippen molar-refractivity contribution in [3.63, 3.8) is 0 Å². The molecule has 2 atom stereocenters. The summed E-state index contributed by atoms with van der Waals surface area (Å²) in [6, 6.07) is 7.70. The van der Waals surface area contributed by atoms with Crippen molar-refractivity contribution < 1.29 is 31.1 Å². The number of Topliss-reactive ketones (excluding diaryl/α,β-unsaturated/α-hetero) is 1. The fraction of sp³-hybridized carbons (Fsp3) is 0.381. The van der Waals surface area contributed by atoms with E-state index in [4.69, 9.17) is 0 Å². The summed E-state index contributed by atoms with van der Waals surface area (Å²) in [7, 11) is 0. The van der Waals surface area contributed by atoms with Crippen LogP contribution in [-0.4, -0.2) is 18.1 Å². The summed E-state index contributed by atoms with van der Waals surface area (Å²) in [6.07, 6.45) is -10.3. The molecule has 0 spiro atoms. The fourth-order valence-corrected chi connectivity index (χ4v) is 3.45. The maximum atomic E-state index is 13.8. The normalized spacial score (nSPS) is 14.6. The Kier molecular flexibility index (Phi) is 5.97. The summed E-state index contributed by atoms with van der Waals surface area (Å²) in [5.41, 5.74) is 0.631. The molecule has 0 fully saturated rings. The Morgan fingerprint density at radius 3 is 1.25 bits per heavy atom. The van der Waals surface area contributed by atoms with Gasteiger partial charge in [-0.25, -0.2) is 0 Å². The number of benzene rings is 2. The first-order valence-corrected chi connectivity index (χ1v) is 8.55. The smallest absolute Gasteiger partial charge is 0.298 e. The van der Waals surface area contributed by atoms with E-state index < -0.39 is 41.1 Å². The molecule has 2 aromatic rings. The highest BCUT2D eigenvalue weighted by Crippen LogP contribution is 2.46. The Bertz CT molecular complexity index is 808. The fourth-order valence-electron chi connectivity index (χ4n) is 3.45. The number of ketones is 1. The van der Waals surface area contributed by atoms with E-state index in [0.717, 1.165) is 12.1 Å². The molecule has 152 valence electrons. The third kappa shape index (κ3) is 4.56.